The number of aromatic nitrogens is 1. The van der Waals surface area contributed by atoms with E-state index in [4.69, 9.17) is 4.52 Å². The number of aryl methyl sites for hydroxylation is 1. The molecule has 1 aromatic rings. The number of nitrogens with zero attached hydrogens (tertiary/aromatic N) is 1. The van der Waals surface area contributed by atoms with E-state index in [0.717, 1.165) is 25.7 Å². The van der Waals surface area contributed by atoms with Crippen LogP contribution in [0.25, 0.3) is 0 Å². The summed E-state index contributed by atoms with van der Waals surface area (Å²) in [5, 5.41) is 15.8. The molecule has 0 bridgehead atoms. The molecule has 6 heteroatoms. The van der Waals surface area contributed by atoms with Gasteiger partial charge in [-0.3, -0.25) is 9.59 Å². The summed E-state index contributed by atoms with van der Waals surface area (Å²) < 4.78 is 4.84. The van der Waals surface area contributed by atoms with Gasteiger partial charge in [0.25, 0.3) is 5.91 Å². The van der Waals surface area contributed by atoms with Gasteiger partial charge in [-0.1, -0.05) is 30.8 Å². The zero-order chi connectivity index (χ0) is 14.6. The summed E-state index contributed by atoms with van der Waals surface area (Å²) in [5.41, 5.74) is -0.651. The minimum Gasteiger partial charge on any atom is -0.481 e. The van der Waals surface area contributed by atoms with Crippen LogP contribution in [-0.4, -0.2) is 28.7 Å². The molecule has 20 heavy (non-hydrogen) atoms. The lowest BCUT2D eigenvalue weighted by atomic mass is 9.80. The van der Waals surface area contributed by atoms with Crippen molar-refractivity contribution in [3.63, 3.8) is 0 Å². The summed E-state index contributed by atoms with van der Waals surface area (Å²) in [6.45, 7) is 1.85. The van der Waals surface area contributed by atoms with E-state index in [1.807, 2.05) is 0 Å². The van der Waals surface area contributed by atoms with E-state index >= 15 is 0 Å². The van der Waals surface area contributed by atoms with Crippen LogP contribution in [0.4, 0.5) is 0 Å². The number of nitrogens with one attached hydrogen (secondary N) is 1. The second-order valence-electron chi connectivity index (χ2n) is 5.51. The lowest BCUT2D eigenvalue weighted by Crippen LogP contribution is -2.43. The van der Waals surface area contributed by atoms with Crippen LogP contribution in [0, 0.1) is 12.3 Å². The van der Waals surface area contributed by atoms with Crippen LogP contribution in [-0.2, 0) is 4.79 Å². The van der Waals surface area contributed by atoms with E-state index < -0.39 is 11.4 Å². The van der Waals surface area contributed by atoms with Crippen molar-refractivity contribution < 1.29 is 19.2 Å². The first-order valence-electron chi connectivity index (χ1n) is 6.98. The molecular formula is C14H20N2O4. The smallest absolute Gasteiger partial charge is 0.311 e. The summed E-state index contributed by atoms with van der Waals surface area (Å²) in [6.07, 6.45) is 5.13. The maximum atomic E-state index is 11.9. The number of rotatable bonds is 4. The second kappa shape index (κ2) is 6.07. The molecule has 0 aromatic carbocycles. The fourth-order valence-corrected chi connectivity index (χ4v) is 2.69. The highest BCUT2D eigenvalue weighted by atomic mass is 16.5. The summed E-state index contributed by atoms with van der Waals surface area (Å²) in [4.78, 5) is 23.5. The molecule has 0 unspecified atom stereocenters. The fraction of sp³-hybridized carbons (Fsp3) is 0.643. The first-order valence-corrected chi connectivity index (χ1v) is 6.98. The molecule has 1 aromatic heterocycles. The van der Waals surface area contributed by atoms with Gasteiger partial charge in [0.15, 0.2) is 5.69 Å². The molecule has 1 heterocycles. The predicted octanol–water partition coefficient (Wildman–Crippen LogP) is 2.14. The van der Waals surface area contributed by atoms with Crippen LogP contribution in [0.15, 0.2) is 10.6 Å². The molecule has 0 atom stereocenters. The Bertz CT molecular complexity index is 487. The lowest BCUT2D eigenvalue weighted by Gasteiger charge is -2.27. The predicted molar refractivity (Wildman–Crippen MR) is 71.3 cm³/mol. The first kappa shape index (κ1) is 14.6. The number of carboxylic acids is 1. The maximum Gasteiger partial charge on any atom is 0.311 e. The lowest BCUT2D eigenvalue weighted by molar-refractivity contribution is -0.149. The molecule has 0 saturated heterocycles. The summed E-state index contributed by atoms with van der Waals surface area (Å²) in [6, 6.07) is 1.54. The molecule has 1 fully saturated rings. The maximum absolute atomic E-state index is 11.9. The Hall–Kier alpha value is -1.85. The molecule has 6 nitrogen and oxygen atoms in total. The average molecular weight is 280 g/mol. The Morgan fingerprint density at radius 1 is 1.35 bits per heavy atom. The van der Waals surface area contributed by atoms with Crippen LogP contribution in [0.5, 0.6) is 0 Å². The number of hydrogen-bond donors (Lipinski definition) is 2. The topological polar surface area (TPSA) is 92.4 Å². The molecular weight excluding hydrogens is 260 g/mol. The quantitative estimate of drug-likeness (QED) is 0.824. The summed E-state index contributed by atoms with van der Waals surface area (Å²) >= 11 is 0. The van der Waals surface area contributed by atoms with Crippen molar-refractivity contribution >= 4 is 11.9 Å². The monoisotopic (exact) mass is 280 g/mol. The Morgan fingerprint density at radius 3 is 2.50 bits per heavy atom. The Morgan fingerprint density at radius 2 is 2.00 bits per heavy atom. The largest absolute Gasteiger partial charge is 0.481 e. The second-order valence-corrected chi connectivity index (χ2v) is 5.51. The highest BCUT2D eigenvalue weighted by Gasteiger charge is 2.39. The van der Waals surface area contributed by atoms with Crippen molar-refractivity contribution in [3.8, 4) is 0 Å². The summed E-state index contributed by atoms with van der Waals surface area (Å²) in [5.74, 6) is -0.652. The van der Waals surface area contributed by atoms with Crippen LogP contribution < -0.4 is 5.32 Å². The molecule has 0 spiro atoms. The van der Waals surface area contributed by atoms with Gasteiger partial charge in [-0.05, 0) is 19.8 Å². The Kier molecular flexibility index (Phi) is 4.42. The number of carbonyl (C=O) groups is 2. The van der Waals surface area contributed by atoms with Gasteiger partial charge >= 0.3 is 5.97 Å². The van der Waals surface area contributed by atoms with Gasteiger partial charge in [0.2, 0.25) is 0 Å². The number of carboxylic acid groups (broad SMARTS) is 1. The van der Waals surface area contributed by atoms with Crippen molar-refractivity contribution in [1.82, 2.24) is 10.5 Å². The molecule has 1 amide bonds. The minimum atomic E-state index is -0.842. The normalized spacial score (nSPS) is 18.2. The third-order valence-electron chi connectivity index (χ3n) is 3.96. The van der Waals surface area contributed by atoms with Gasteiger partial charge in [-0.2, -0.15) is 0 Å². The van der Waals surface area contributed by atoms with Crippen molar-refractivity contribution in [2.24, 2.45) is 5.41 Å². The number of aliphatic carboxylic acids is 1. The van der Waals surface area contributed by atoms with Crippen LogP contribution in [0.3, 0.4) is 0 Å². The van der Waals surface area contributed by atoms with E-state index in [-0.39, 0.29) is 18.1 Å². The van der Waals surface area contributed by atoms with Crippen molar-refractivity contribution in [2.45, 2.75) is 45.4 Å². The van der Waals surface area contributed by atoms with Crippen LogP contribution >= 0.6 is 0 Å². The van der Waals surface area contributed by atoms with Crippen molar-refractivity contribution in [3.05, 3.63) is 17.5 Å². The van der Waals surface area contributed by atoms with Gasteiger partial charge < -0.3 is 14.9 Å². The van der Waals surface area contributed by atoms with E-state index in [9.17, 15) is 14.7 Å². The third kappa shape index (κ3) is 3.18. The minimum absolute atomic E-state index is 0.146. The molecule has 1 aliphatic carbocycles. The average Bonchev–Trinajstić information content (AvgIpc) is 2.71. The molecule has 2 rings (SSSR count). The zero-order valence-electron chi connectivity index (χ0n) is 11.6. The van der Waals surface area contributed by atoms with E-state index in [2.05, 4.69) is 10.5 Å². The standard InChI is InChI=1S/C14H20N2O4/c1-10-8-11(16-20-10)12(17)15-9-14(13(18)19)6-4-2-3-5-7-14/h8H,2-7,9H2,1H3,(H,15,17)(H,18,19). The number of carbonyl (C=O) groups excluding carboxylic acids is 1. The summed E-state index contributed by atoms with van der Waals surface area (Å²) in [7, 11) is 0. The number of amides is 1. The number of hydrogen-bond acceptors (Lipinski definition) is 4. The highest BCUT2D eigenvalue weighted by Crippen LogP contribution is 2.34. The first-order chi connectivity index (χ1) is 9.53. The Labute approximate surface area is 117 Å². The van der Waals surface area contributed by atoms with Crippen molar-refractivity contribution in [2.75, 3.05) is 6.54 Å². The highest BCUT2D eigenvalue weighted by molar-refractivity contribution is 5.92. The third-order valence-corrected chi connectivity index (χ3v) is 3.96. The van der Waals surface area contributed by atoms with Crippen LogP contribution in [0.1, 0.15) is 54.8 Å². The molecule has 1 saturated carbocycles. The molecule has 2 N–H and O–H groups in total. The SMILES string of the molecule is Cc1cc(C(=O)NCC2(C(=O)O)CCCCCC2)no1. The molecule has 110 valence electrons. The molecule has 1 aliphatic rings. The van der Waals surface area contributed by atoms with E-state index in [1.165, 1.54) is 6.07 Å². The van der Waals surface area contributed by atoms with E-state index in [1.54, 1.807) is 6.92 Å². The van der Waals surface area contributed by atoms with Gasteiger partial charge in [0.1, 0.15) is 5.76 Å². The molecule has 0 radical (unpaired) electrons. The zero-order valence-corrected chi connectivity index (χ0v) is 11.6. The van der Waals surface area contributed by atoms with Gasteiger partial charge in [-0.15, -0.1) is 0 Å². The van der Waals surface area contributed by atoms with Gasteiger partial charge in [-0.25, -0.2) is 0 Å². The van der Waals surface area contributed by atoms with E-state index in [0.29, 0.717) is 18.6 Å². The van der Waals surface area contributed by atoms with Crippen LogP contribution in [0.2, 0.25) is 0 Å². The van der Waals surface area contributed by atoms with Crippen molar-refractivity contribution in [1.29, 1.82) is 0 Å². The van der Waals surface area contributed by atoms with Gasteiger partial charge in [0.05, 0.1) is 5.41 Å². The fourth-order valence-electron chi connectivity index (χ4n) is 2.69. The van der Waals surface area contributed by atoms with Gasteiger partial charge in [0, 0.05) is 12.6 Å². The molecule has 0 aliphatic heterocycles. The Balaban J connectivity index is 2.01.